The number of hydrogen-bond donors (Lipinski definition) is 3. The van der Waals surface area contributed by atoms with Crippen LogP contribution in [0.25, 0.3) is 55.8 Å². The molecule has 0 fully saturated rings. The molecule has 0 atom stereocenters. The van der Waals surface area contributed by atoms with Crippen molar-refractivity contribution in [1.82, 2.24) is 35.1 Å². The fourth-order valence-corrected chi connectivity index (χ4v) is 4.89. The van der Waals surface area contributed by atoms with Crippen LogP contribution in [0.2, 0.25) is 0 Å². The number of aromatic nitrogens is 7. The van der Waals surface area contributed by atoms with E-state index in [9.17, 15) is 0 Å². The van der Waals surface area contributed by atoms with E-state index in [1.807, 2.05) is 54.9 Å². The van der Waals surface area contributed by atoms with Gasteiger partial charge in [0.1, 0.15) is 11.2 Å². The molecule has 7 aromatic rings. The second kappa shape index (κ2) is 9.92. The van der Waals surface area contributed by atoms with Gasteiger partial charge in [-0.3, -0.25) is 20.1 Å². The molecule has 0 aliphatic heterocycles. The molecule has 0 bridgehead atoms. The first kappa shape index (κ1) is 23.5. The maximum atomic E-state index is 4.90. The summed E-state index contributed by atoms with van der Waals surface area (Å²) in [6.07, 6.45) is 9.72. The minimum Gasteiger partial charge on any atom is -0.358 e. The first-order valence-electron chi connectivity index (χ1n) is 12.9. The van der Waals surface area contributed by atoms with E-state index >= 15 is 0 Å². The van der Waals surface area contributed by atoms with Crippen molar-refractivity contribution in [3.05, 3.63) is 122 Å². The number of benzene rings is 2. The highest BCUT2D eigenvalue weighted by atomic mass is 15.1. The number of nitrogens with zero attached hydrogens (tertiary/aromatic N) is 5. The SMILES string of the molecule is C=C(Cc1ccccc1)Nc1cncc(-c2ccc3[nH]nc(-c4nc5c(-c6cccnc6)nccc5[nH]4)c3c2)c1. The molecule has 192 valence electrons. The van der Waals surface area contributed by atoms with Crippen molar-refractivity contribution < 1.29 is 0 Å². The van der Waals surface area contributed by atoms with Crippen LogP contribution in [0.3, 0.4) is 0 Å². The second-order valence-corrected chi connectivity index (χ2v) is 9.57. The molecule has 8 heteroatoms. The van der Waals surface area contributed by atoms with Gasteiger partial charge in [0.15, 0.2) is 5.82 Å². The maximum Gasteiger partial charge on any atom is 0.159 e. The van der Waals surface area contributed by atoms with Gasteiger partial charge in [-0.05, 0) is 47.5 Å². The zero-order chi connectivity index (χ0) is 26.9. The molecule has 5 aromatic heterocycles. The van der Waals surface area contributed by atoms with Gasteiger partial charge in [-0.2, -0.15) is 5.10 Å². The number of H-pyrrole nitrogens is 2. The Kier molecular flexibility index (Phi) is 5.82. The number of nitrogens with one attached hydrogen (secondary N) is 3. The Hall–Kier alpha value is -5.63. The van der Waals surface area contributed by atoms with Crippen LogP contribution in [-0.2, 0) is 6.42 Å². The van der Waals surface area contributed by atoms with Gasteiger partial charge in [0, 0.05) is 53.4 Å². The number of hydrogen-bond acceptors (Lipinski definition) is 6. The molecule has 0 amide bonds. The van der Waals surface area contributed by atoms with E-state index < -0.39 is 0 Å². The molecule has 2 aromatic carbocycles. The lowest BCUT2D eigenvalue weighted by molar-refractivity contribution is 1.11. The van der Waals surface area contributed by atoms with Crippen molar-refractivity contribution in [1.29, 1.82) is 0 Å². The average molecular weight is 521 g/mol. The molecule has 40 heavy (non-hydrogen) atoms. The maximum absolute atomic E-state index is 4.90. The van der Waals surface area contributed by atoms with Crippen molar-refractivity contribution in [2.75, 3.05) is 5.32 Å². The molecule has 0 radical (unpaired) electrons. The van der Waals surface area contributed by atoms with Gasteiger partial charge < -0.3 is 10.3 Å². The van der Waals surface area contributed by atoms with E-state index in [1.54, 1.807) is 18.6 Å². The third kappa shape index (κ3) is 4.48. The van der Waals surface area contributed by atoms with Crippen molar-refractivity contribution in [3.8, 4) is 33.9 Å². The lowest BCUT2D eigenvalue weighted by Crippen LogP contribution is -2.02. The number of pyridine rings is 3. The van der Waals surface area contributed by atoms with Gasteiger partial charge in [0.05, 0.1) is 28.6 Å². The molecule has 0 aliphatic rings. The lowest BCUT2D eigenvalue weighted by Gasteiger charge is -2.11. The van der Waals surface area contributed by atoms with Crippen LogP contribution in [0.5, 0.6) is 0 Å². The zero-order valence-electron chi connectivity index (χ0n) is 21.5. The number of anilines is 1. The molecule has 0 spiro atoms. The Morgan fingerprint density at radius 1 is 0.775 bits per heavy atom. The normalized spacial score (nSPS) is 11.2. The third-order valence-electron chi connectivity index (χ3n) is 6.78. The number of allylic oxidation sites excluding steroid dienone is 1. The van der Waals surface area contributed by atoms with Crippen LogP contribution in [0, 0.1) is 0 Å². The summed E-state index contributed by atoms with van der Waals surface area (Å²) in [5, 5.41) is 12.1. The summed E-state index contributed by atoms with van der Waals surface area (Å²) in [5.74, 6) is 0.669. The second-order valence-electron chi connectivity index (χ2n) is 9.57. The van der Waals surface area contributed by atoms with E-state index in [1.165, 1.54) is 5.56 Å². The Morgan fingerprint density at radius 2 is 1.68 bits per heavy atom. The first-order valence-corrected chi connectivity index (χ1v) is 12.9. The molecule has 5 heterocycles. The lowest BCUT2D eigenvalue weighted by atomic mass is 10.0. The predicted octanol–water partition coefficient (Wildman–Crippen LogP) is 6.79. The van der Waals surface area contributed by atoms with Crippen molar-refractivity contribution >= 4 is 27.6 Å². The molecule has 0 aliphatic carbocycles. The number of fused-ring (bicyclic) bond motifs is 2. The zero-order valence-corrected chi connectivity index (χ0v) is 21.5. The Balaban J connectivity index is 1.21. The van der Waals surface area contributed by atoms with Crippen molar-refractivity contribution in [2.45, 2.75) is 6.42 Å². The quantitative estimate of drug-likeness (QED) is 0.213. The summed E-state index contributed by atoms with van der Waals surface area (Å²) in [6, 6.07) is 24.3. The molecule has 3 N–H and O–H groups in total. The summed E-state index contributed by atoms with van der Waals surface area (Å²) in [6.45, 7) is 4.20. The smallest absolute Gasteiger partial charge is 0.159 e. The monoisotopic (exact) mass is 520 g/mol. The Labute approximate surface area is 229 Å². The molecular formula is C32H24N8. The fraction of sp³-hybridized carbons (Fsp3) is 0.0312. The van der Waals surface area contributed by atoms with E-state index in [0.717, 1.165) is 67.8 Å². The minimum absolute atomic E-state index is 0.669. The van der Waals surface area contributed by atoms with Crippen molar-refractivity contribution in [3.63, 3.8) is 0 Å². The van der Waals surface area contributed by atoms with Crippen molar-refractivity contribution in [2.24, 2.45) is 0 Å². The average Bonchev–Trinajstić information content (AvgIpc) is 3.62. The molecule has 7 rings (SSSR count). The van der Waals surface area contributed by atoms with E-state index in [2.05, 4.69) is 72.4 Å². The van der Waals surface area contributed by atoms with Gasteiger partial charge >= 0.3 is 0 Å². The predicted molar refractivity (Wildman–Crippen MR) is 158 cm³/mol. The summed E-state index contributed by atoms with van der Waals surface area (Å²) < 4.78 is 0. The minimum atomic E-state index is 0.669. The Morgan fingerprint density at radius 3 is 2.55 bits per heavy atom. The van der Waals surface area contributed by atoms with Gasteiger partial charge in [-0.25, -0.2) is 4.98 Å². The first-order chi connectivity index (χ1) is 19.7. The van der Waals surface area contributed by atoms with Crippen LogP contribution < -0.4 is 5.32 Å². The van der Waals surface area contributed by atoms with Crippen LogP contribution in [0.4, 0.5) is 5.69 Å². The van der Waals surface area contributed by atoms with Crippen LogP contribution in [0.1, 0.15) is 5.56 Å². The van der Waals surface area contributed by atoms with E-state index in [-0.39, 0.29) is 0 Å². The molecule has 0 saturated heterocycles. The highest BCUT2D eigenvalue weighted by molar-refractivity contribution is 5.97. The topological polar surface area (TPSA) is 108 Å². The standard InChI is InChI=1S/C32H24N8/c1-20(14-21-6-3-2-4-7-21)36-25-15-24(18-34-19-25)22-9-10-27-26(16-22)30(40-39-27)32-37-28-11-13-35-29(31(28)38-32)23-8-5-12-33-17-23/h2-13,15-19,36H,1,14H2,(H,37,38)(H,39,40). The van der Waals surface area contributed by atoms with Crippen LogP contribution in [-0.4, -0.2) is 35.1 Å². The van der Waals surface area contributed by atoms with E-state index in [4.69, 9.17) is 4.98 Å². The molecule has 0 saturated carbocycles. The molecule has 8 nitrogen and oxygen atoms in total. The number of rotatable bonds is 7. The van der Waals surface area contributed by atoms with Gasteiger partial charge in [0.25, 0.3) is 0 Å². The summed E-state index contributed by atoms with van der Waals surface area (Å²) in [7, 11) is 0. The Bertz CT molecular complexity index is 1970. The third-order valence-corrected chi connectivity index (χ3v) is 6.78. The van der Waals surface area contributed by atoms with Gasteiger partial charge in [-0.15, -0.1) is 0 Å². The summed E-state index contributed by atoms with van der Waals surface area (Å²) in [5.41, 5.74) is 10.0. The largest absolute Gasteiger partial charge is 0.358 e. The highest BCUT2D eigenvalue weighted by Crippen LogP contribution is 2.32. The highest BCUT2D eigenvalue weighted by Gasteiger charge is 2.16. The fourth-order valence-electron chi connectivity index (χ4n) is 4.89. The molecule has 0 unspecified atom stereocenters. The van der Waals surface area contributed by atoms with Crippen LogP contribution in [0.15, 0.2) is 116 Å². The van der Waals surface area contributed by atoms with Gasteiger partial charge in [-0.1, -0.05) is 43.0 Å². The summed E-state index contributed by atoms with van der Waals surface area (Å²) in [4.78, 5) is 21.6. The molecular weight excluding hydrogens is 496 g/mol. The number of imidazole rings is 1. The van der Waals surface area contributed by atoms with Gasteiger partial charge in [0.2, 0.25) is 0 Å². The number of aromatic amines is 2. The van der Waals surface area contributed by atoms with E-state index in [0.29, 0.717) is 5.82 Å². The van der Waals surface area contributed by atoms with Crippen LogP contribution >= 0.6 is 0 Å². The summed E-state index contributed by atoms with van der Waals surface area (Å²) >= 11 is 0.